The average molecular weight is 197 g/mol. The van der Waals surface area contributed by atoms with E-state index in [9.17, 15) is 4.79 Å². The summed E-state index contributed by atoms with van der Waals surface area (Å²) >= 11 is 0. The molecule has 0 spiro atoms. The number of unbranched alkanes of at least 4 members (excludes halogenated alkanes) is 2. The normalized spacial score (nSPS) is 11.4. The minimum Gasteiger partial charge on any atom is -0.370 e. The van der Waals surface area contributed by atoms with Gasteiger partial charge in [-0.3, -0.25) is 4.79 Å². The second kappa shape index (κ2) is 8.79. The third kappa shape index (κ3) is 11.2. The van der Waals surface area contributed by atoms with Crippen LogP contribution in [0, 0.1) is 5.92 Å². The molecule has 0 aromatic carbocycles. The van der Waals surface area contributed by atoms with E-state index in [1.165, 1.54) is 12.8 Å². The molecular formula is C12H23NO. The van der Waals surface area contributed by atoms with Crippen LogP contribution in [0.2, 0.25) is 0 Å². The Morgan fingerprint density at radius 2 is 1.79 bits per heavy atom. The molecule has 0 aliphatic rings. The Kier molecular flexibility index (Phi) is 8.30. The zero-order chi connectivity index (χ0) is 10.8. The number of carbonyl (C=O) groups is 1. The topological polar surface area (TPSA) is 43.1 Å². The van der Waals surface area contributed by atoms with E-state index in [4.69, 9.17) is 5.73 Å². The molecule has 0 aromatic heterocycles. The average Bonchev–Trinajstić information content (AvgIpc) is 2.08. The number of rotatable bonds is 8. The van der Waals surface area contributed by atoms with Gasteiger partial charge in [0, 0.05) is 6.42 Å². The summed E-state index contributed by atoms with van der Waals surface area (Å²) in [4.78, 5) is 10.4. The van der Waals surface area contributed by atoms with Crippen molar-refractivity contribution in [3.8, 4) is 0 Å². The van der Waals surface area contributed by atoms with Crippen LogP contribution in [0.15, 0.2) is 12.2 Å². The van der Waals surface area contributed by atoms with Crippen molar-refractivity contribution in [2.24, 2.45) is 11.7 Å². The van der Waals surface area contributed by atoms with Crippen LogP contribution in [-0.2, 0) is 4.79 Å². The van der Waals surface area contributed by atoms with Crippen molar-refractivity contribution in [3.05, 3.63) is 12.2 Å². The molecule has 0 aliphatic heterocycles. The summed E-state index contributed by atoms with van der Waals surface area (Å²) < 4.78 is 0. The second-order valence-corrected chi connectivity index (χ2v) is 4.15. The predicted molar refractivity (Wildman–Crippen MR) is 60.9 cm³/mol. The van der Waals surface area contributed by atoms with Gasteiger partial charge in [-0.2, -0.15) is 0 Å². The molecule has 2 heteroatoms. The molecule has 2 N–H and O–H groups in total. The molecule has 0 radical (unpaired) electrons. The van der Waals surface area contributed by atoms with E-state index >= 15 is 0 Å². The molecule has 0 rings (SSSR count). The number of nitrogens with two attached hydrogens (primary N) is 1. The van der Waals surface area contributed by atoms with Crippen molar-refractivity contribution in [3.63, 3.8) is 0 Å². The van der Waals surface area contributed by atoms with Gasteiger partial charge < -0.3 is 5.73 Å². The first-order chi connectivity index (χ1) is 6.63. The summed E-state index contributed by atoms with van der Waals surface area (Å²) in [6.07, 6.45) is 10.5. The highest BCUT2D eigenvalue weighted by atomic mass is 16.1. The number of hydrogen-bond acceptors (Lipinski definition) is 1. The van der Waals surface area contributed by atoms with Crippen LogP contribution in [0.1, 0.15) is 52.4 Å². The molecule has 0 bridgehead atoms. The molecule has 82 valence electrons. The largest absolute Gasteiger partial charge is 0.370 e. The Morgan fingerprint density at radius 1 is 1.21 bits per heavy atom. The Labute approximate surface area is 87.6 Å². The lowest BCUT2D eigenvalue weighted by atomic mass is 10.1. The Bertz CT molecular complexity index is 173. The number of carbonyl (C=O) groups excluding carboxylic acids is 1. The molecule has 0 aromatic rings. The lowest BCUT2D eigenvalue weighted by molar-refractivity contribution is -0.118. The van der Waals surface area contributed by atoms with Crippen LogP contribution in [0.25, 0.3) is 0 Å². The number of amides is 1. The maximum atomic E-state index is 10.4. The van der Waals surface area contributed by atoms with Gasteiger partial charge >= 0.3 is 0 Å². The van der Waals surface area contributed by atoms with Gasteiger partial charge in [0.2, 0.25) is 5.91 Å². The lowest BCUT2D eigenvalue weighted by Gasteiger charge is -2.00. The van der Waals surface area contributed by atoms with Gasteiger partial charge in [0.05, 0.1) is 0 Å². The maximum Gasteiger partial charge on any atom is 0.217 e. The minimum atomic E-state index is -0.196. The van der Waals surface area contributed by atoms with Crippen LogP contribution in [0.3, 0.4) is 0 Å². The highest BCUT2D eigenvalue weighted by Crippen LogP contribution is 2.07. The maximum absolute atomic E-state index is 10.4. The minimum absolute atomic E-state index is 0.196. The monoisotopic (exact) mass is 197 g/mol. The van der Waals surface area contributed by atoms with E-state index in [1.807, 2.05) is 0 Å². The summed E-state index contributed by atoms with van der Waals surface area (Å²) in [7, 11) is 0. The highest BCUT2D eigenvalue weighted by Gasteiger charge is 1.92. The van der Waals surface area contributed by atoms with Crippen LogP contribution in [-0.4, -0.2) is 5.91 Å². The van der Waals surface area contributed by atoms with Crippen molar-refractivity contribution in [2.45, 2.75) is 52.4 Å². The fraction of sp³-hybridized carbons (Fsp3) is 0.750. The van der Waals surface area contributed by atoms with E-state index in [1.54, 1.807) is 0 Å². The summed E-state index contributed by atoms with van der Waals surface area (Å²) in [5.74, 6) is 0.608. The fourth-order valence-electron chi connectivity index (χ4n) is 1.27. The standard InChI is InChI=1S/C12H23NO/c1-11(2)9-7-5-3-4-6-8-10-12(13)14/h3-4,11H,5-10H2,1-2H3,(H2,13,14)/b4-3+. The molecule has 0 aliphatic carbocycles. The van der Waals surface area contributed by atoms with Gasteiger partial charge in [-0.1, -0.05) is 32.4 Å². The molecule has 0 heterocycles. The third-order valence-corrected chi connectivity index (χ3v) is 2.11. The summed E-state index contributed by atoms with van der Waals surface area (Å²) in [5, 5.41) is 0. The van der Waals surface area contributed by atoms with Crippen molar-refractivity contribution in [2.75, 3.05) is 0 Å². The summed E-state index contributed by atoms with van der Waals surface area (Å²) in [5.41, 5.74) is 5.03. The summed E-state index contributed by atoms with van der Waals surface area (Å²) in [6.45, 7) is 4.49. The molecule has 1 amide bonds. The van der Waals surface area contributed by atoms with E-state index in [-0.39, 0.29) is 5.91 Å². The van der Waals surface area contributed by atoms with Gasteiger partial charge in [0.15, 0.2) is 0 Å². The third-order valence-electron chi connectivity index (χ3n) is 2.11. The molecule has 14 heavy (non-hydrogen) atoms. The number of hydrogen-bond donors (Lipinski definition) is 1. The first-order valence-corrected chi connectivity index (χ1v) is 5.56. The SMILES string of the molecule is CC(C)CCC/C=C/CCCC(N)=O. The predicted octanol–water partition coefficient (Wildman–Crippen LogP) is 3.02. The first-order valence-electron chi connectivity index (χ1n) is 5.56. The zero-order valence-electron chi connectivity index (χ0n) is 9.46. The second-order valence-electron chi connectivity index (χ2n) is 4.15. The van der Waals surface area contributed by atoms with Crippen molar-refractivity contribution in [1.29, 1.82) is 0 Å². The molecule has 2 nitrogen and oxygen atoms in total. The molecule has 0 saturated carbocycles. The molecular weight excluding hydrogens is 174 g/mol. The quantitative estimate of drug-likeness (QED) is 0.471. The first kappa shape index (κ1) is 13.2. The molecule has 0 saturated heterocycles. The molecule has 0 fully saturated rings. The van der Waals surface area contributed by atoms with E-state index in [0.29, 0.717) is 6.42 Å². The van der Waals surface area contributed by atoms with Crippen LogP contribution in [0.4, 0.5) is 0 Å². The van der Waals surface area contributed by atoms with Crippen LogP contribution < -0.4 is 5.73 Å². The zero-order valence-corrected chi connectivity index (χ0v) is 9.46. The van der Waals surface area contributed by atoms with Crippen molar-refractivity contribution >= 4 is 5.91 Å². The molecule has 0 atom stereocenters. The number of allylic oxidation sites excluding steroid dienone is 2. The van der Waals surface area contributed by atoms with E-state index in [0.717, 1.165) is 25.2 Å². The lowest BCUT2D eigenvalue weighted by Crippen LogP contribution is -2.09. The van der Waals surface area contributed by atoms with E-state index in [2.05, 4.69) is 26.0 Å². The Morgan fingerprint density at radius 3 is 2.29 bits per heavy atom. The van der Waals surface area contributed by atoms with Gasteiger partial charge in [0.25, 0.3) is 0 Å². The van der Waals surface area contributed by atoms with Crippen molar-refractivity contribution < 1.29 is 4.79 Å². The van der Waals surface area contributed by atoms with Gasteiger partial charge in [-0.25, -0.2) is 0 Å². The fourth-order valence-corrected chi connectivity index (χ4v) is 1.27. The van der Waals surface area contributed by atoms with Crippen molar-refractivity contribution in [1.82, 2.24) is 0 Å². The smallest absolute Gasteiger partial charge is 0.217 e. The Balaban J connectivity index is 3.15. The van der Waals surface area contributed by atoms with Gasteiger partial charge in [-0.05, 0) is 31.6 Å². The highest BCUT2D eigenvalue weighted by molar-refractivity contribution is 5.73. The van der Waals surface area contributed by atoms with Gasteiger partial charge in [0.1, 0.15) is 0 Å². The van der Waals surface area contributed by atoms with Gasteiger partial charge in [-0.15, -0.1) is 0 Å². The Hall–Kier alpha value is -0.790. The number of primary amides is 1. The van der Waals surface area contributed by atoms with E-state index < -0.39 is 0 Å². The van der Waals surface area contributed by atoms with Crippen LogP contribution in [0.5, 0.6) is 0 Å². The van der Waals surface area contributed by atoms with Crippen LogP contribution >= 0.6 is 0 Å². The summed E-state index contributed by atoms with van der Waals surface area (Å²) in [6, 6.07) is 0. The molecule has 0 unspecified atom stereocenters.